The number of primary amides is 1. The number of aromatic amines is 1. The molecule has 3 heterocycles. The number of ether oxygens (including phenoxy) is 1. The highest BCUT2D eigenvalue weighted by Gasteiger charge is 2.31. The predicted molar refractivity (Wildman–Crippen MR) is 139 cm³/mol. The number of benzene rings is 2. The molecule has 2 amide bonds. The number of carbonyl (C=O) groups excluding carboxylic acids is 2. The Labute approximate surface area is 208 Å². The van der Waals surface area contributed by atoms with Crippen LogP contribution in [0.2, 0.25) is 0 Å². The summed E-state index contributed by atoms with van der Waals surface area (Å²) < 4.78 is 4.92. The maximum Gasteiger partial charge on any atom is 0.252 e. The summed E-state index contributed by atoms with van der Waals surface area (Å²) in [6, 6.07) is 18.0. The van der Waals surface area contributed by atoms with Gasteiger partial charge in [0.05, 0.1) is 11.3 Å². The number of anilines is 3. The molecule has 1 saturated heterocycles. The third kappa shape index (κ3) is 4.87. The van der Waals surface area contributed by atoms with E-state index in [1.165, 1.54) is 18.9 Å². The van der Waals surface area contributed by atoms with Crippen LogP contribution < -0.4 is 16.4 Å². The van der Waals surface area contributed by atoms with Gasteiger partial charge in [0.1, 0.15) is 12.4 Å². The second kappa shape index (κ2) is 10.1. The minimum atomic E-state index is -0.542. The van der Waals surface area contributed by atoms with Crippen molar-refractivity contribution in [1.29, 1.82) is 0 Å². The second-order valence-electron chi connectivity index (χ2n) is 8.86. The number of carbonyl (C=O) groups is 2. The third-order valence-corrected chi connectivity index (χ3v) is 6.48. The summed E-state index contributed by atoms with van der Waals surface area (Å²) in [4.78, 5) is 33.3. The molecule has 36 heavy (non-hydrogen) atoms. The van der Waals surface area contributed by atoms with Crippen LogP contribution in [-0.2, 0) is 16.1 Å². The fraction of sp³-hybridized carbons (Fsp3) is 0.222. The molecule has 0 radical (unpaired) electrons. The fourth-order valence-corrected chi connectivity index (χ4v) is 4.46. The molecule has 5 rings (SSSR count). The topological polar surface area (TPSA) is 125 Å². The van der Waals surface area contributed by atoms with Gasteiger partial charge in [-0.1, -0.05) is 24.3 Å². The highest BCUT2D eigenvalue weighted by Crippen LogP contribution is 2.29. The standard InChI is InChI=1S/C27H28N6O3/c1-36-16-26(34)33-14-19(15-33)17-5-7-20(8-6-17)32-25-11-24(22(13-31-25)27(28)35)30-12-18-3-2-4-23-21(18)9-10-29-23/h2-11,13,19,29H,12,14-16H2,1H3,(H2,28,35)(H2,30,31,32). The Kier molecular flexibility index (Phi) is 6.55. The monoisotopic (exact) mass is 484 g/mol. The summed E-state index contributed by atoms with van der Waals surface area (Å²) >= 11 is 0. The zero-order chi connectivity index (χ0) is 25.1. The summed E-state index contributed by atoms with van der Waals surface area (Å²) in [5.74, 6) is 0.397. The number of nitrogens with zero attached hydrogens (tertiary/aromatic N) is 2. The van der Waals surface area contributed by atoms with Crippen LogP contribution in [-0.4, -0.2) is 53.5 Å². The number of nitrogens with one attached hydrogen (secondary N) is 3. The van der Waals surface area contributed by atoms with E-state index in [-0.39, 0.29) is 12.5 Å². The third-order valence-electron chi connectivity index (χ3n) is 6.48. The lowest BCUT2D eigenvalue weighted by Gasteiger charge is -2.39. The number of pyridine rings is 1. The smallest absolute Gasteiger partial charge is 0.252 e. The Morgan fingerprint density at radius 1 is 1.17 bits per heavy atom. The zero-order valence-corrected chi connectivity index (χ0v) is 20.0. The molecule has 0 bridgehead atoms. The van der Waals surface area contributed by atoms with Gasteiger partial charge in [0.2, 0.25) is 5.91 Å². The van der Waals surface area contributed by atoms with E-state index in [1.807, 2.05) is 42.6 Å². The van der Waals surface area contributed by atoms with Gasteiger partial charge in [0, 0.05) is 67.7 Å². The molecule has 1 aliphatic heterocycles. The summed E-state index contributed by atoms with van der Waals surface area (Å²) in [6.45, 7) is 2.06. The largest absolute Gasteiger partial charge is 0.380 e. The average molecular weight is 485 g/mol. The van der Waals surface area contributed by atoms with Crippen LogP contribution in [0.15, 0.2) is 67.0 Å². The van der Waals surface area contributed by atoms with Crippen LogP contribution in [0.4, 0.5) is 17.2 Å². The number of amides is 2. The number of rotatable bonds is 9. The summed E-state index contributed by atoms with van der Waals surface area (Å²) in [6.07, 6.45) is 3.39. The molecule has 0 spiro atoms. The predicted octanol–water partition coefficient (Wildman–Crippen LogP) is 3.59. The number of hydrogen-bond donors (Lipinski definition) is 4. The molecule has 9 nitrogen and oxygen atoms in total. The molecule has 0 saturated carbocycles. The van der Waals surface area contributed by atoms with Gasteiger partial charge < -0.3 is 31.0 Å². The second-order valence-corrected chi connectivity index (χ2v) is 8.86. The molecule has 1 aliphatic rings. The Morgan fingerprint density at radius 3 is 2.72 bits per heavy atom. The minimum absolute atomic E-state index is 0.0201. The number of methoxy groups -OCH3 is 1. The van der Waals surface area contributed by atoms with E-state index in [2.05, 4.69) is 32.7 Å². The van der Waals surface area contributed by atoms with Crippen LogP contribution in [0, 0.1) is 0 Å². The molecule has 5 N–H and O–H groups in total. The van der Waals surface area contributed by atoms with Crippen molar-refractivity contribution in [3.63, 3.8) is 0 Å². The van der Waals surface area contributed by atoms with E-state index in [1.54, 1.807) is 11.0 Å². The van der Waals surface area contributed by atoms with Crippen molar-refractivity contribution in [3.8, 4) is 0 Å². The summed E-state index contributed by atoms with van der Waals surface area (Å²) in [7, 11) is 1.53. The first kappa shape index (κ1) is 23.4. The van der Waals surface area contributed by atoms with Crippen molar-refractivity contribution < 1.29 is 14.3 Å². The van der Waals surface area contributed by atoms with E-state index < -0.39 is 5.91 Å². The fourth-order valence-electron chi connectivity index (χ4n) is 4.46. The van der Waals surface area contributed by atoms with Gasteiger partial charge in [-0.05, 0) is 35.4 Å². The molecule has 0 unspecified atom stereocenters. The Morgan fingerprint density at radius 2 is 1.97 bits per heavy atom. The molecule has 184 valence electrons. The molecule has 2 aromatic carbocycles. The van der Waals surface area contributed by atoms with Crippen molar-refractivity contribution in [1.82, 2.24) is 14.9 Å². The first-order chi connectivity index (χ1) is 17.5. The molecule has 4 aromatic rings. The van der Waals surface area contributed by atoms with Crippen LogP contribution in [0.3, 0.4) is 0 Å². The van der Waals surface area contributed by atoms with Gasteiger partial charge in [-0.3, -0.25) is 9.59 Å². The number of fused-ring (bicyclic) bond motifs is 1. The molecular weight excluding hydrogens is 456 g/mol. The molecule has 0 aliphatic carbocycles. The van der Waals surface area contributed by atoms with Gasteiger partial charge >= 0.3 is 0 Å². The number of hydrogen-bond acceptors (Lipinski definition) is 6. The van der Waals surface area contributed by atoms with Crippen molar-refractivity contribution in [2.45, 2.75) is 12.5 Å². The minimum Gasteiger partial charge on any atom is -0.380 e. The molecule has 9 heteroatoms. The highest BCUT2D eigenvalue weighted by atomic mass is 16.5. The zero-order valence-electron chi connectivity index (χ0n) is 20.0. The molecule has 2 aromatic heterocycles. The SMILES string of the molecule is COCC(=O)N1CC(c2ccc(Nc3cc(NCc4cccc5[nH]ccc45)c(C(N)=O)cn3)cc2)C1. The van der Waals surface area contributed by atoms with Crippen molar-refractivity contribution in [2.75, 3.05) is 37.4 Å². The van der Waals surface area contributed by atoms with Crippen LogP contribution in [0.1, 0.15) is 27.4 Å². The van der Waals surface area contributed by atoms with E-state index in [9.17, 15) is 9.59 Å². The van der Waals surface area contributed by atoms with Gasteiger partial charge in [0.15, 0.2) is 0 Å². The summed E-state index contributed by atoms with van der Waals surface area (Å²) in [5.41, 5.74) is 10.7. The van der Waals surface area contributed by atoms with Crippen molar-refractivity contribution in [2.24, 2.45) is 5.73 Å². The molecule has 0 atom stereocenters. The maximum absolute atomic E-state index is 12.0. The molecular formula is C27H28N6O3. The van der Waals surface area contributed by atoms with Gasteiger partial charge in [0.25, 0.3) is 5.91 Å². The Bertz CT molecular complexity index is 1390. The van der Waals surface area contributed by atoms with Crippen molar-refractivity contribution in [3.05, 3.63) is 83.7 Å². The van der Waals surface area contributed by atoms with E-state index in [0.717, 1.165) is 22.2 Å². The Balaban J connectivity index is 1.26. The highest BCUT2D eigenvalue weighted by molar-refractivity contribution is 5.98. The number of H-pyrrole nitrogens is 1. The Hall–Kier alpha value is -4.37. The lowest BCUT2D eigenvalue weighted by Crippen LogP contribution is -2.49. The number of likely N-dealkylation sites (tertiary alicyclic amines) is 1. The number of aromatic nitrogens is 2. The van der Waals surface area contributed by atoms with E-state index in [4.69, 9.17) is 10.5 Å². The summed E-state index contributed by atoms with van der Waals surface area (Å²) in [5, 5.41) is 7.76. The van der Waals surface area contributed by atoms with Crippen LogP contribution in [0.5, 0.6) is 0 Å². The lowest BCUT2D eigenvalue weighted by molar-refractivity contribution is -0.139. The first-order valence-electron chi connectivity index (χ1n) is 11.7. The molecule has 1 fully saturated rings. The van der Waals surface area contributed by atoms with Crippen LogP contribution in [0.25, 0.3) is 10.9 Å². The number of nitrogens with two attached hydrogens (primary N) is 1. The average Bonchev–Trinajstić information content (AvgIpc) is 3.33. The van der Waals surface area contributed by atoms with E-state index in [0.29, 0.717) is 42.6 Å². The van der Waals surface area contributed by atoms with Crippen molar-refractivity contribution >= 4 is 39.9 Å². The quantitative estimate of drug-likeness (QED) is 0.288. The lowest BCUT2D eigenvalue weighted by atomic mass is 9.91. The van der Waals surface area contributed by atoms with Gasteiger partial charge in [-0.25, -0.2) is 4.98 Å². The van der Waals surface area contributed by atoms with E-state index >= 15 is 0 Å². The maximum atomic E-state index is 12.0. The van der Waals surface area contributed by atoms with Gasteiger partial charge in [-0.2, -0.15) is 0 Å². The van der Waals surface area contributed by atoms with Crippen LogP contribution >= 0.6 is 0 Å². The van der Waals surface area contributed by atoms with Gasteiger partial charge in [-0.15, -0.1) is 0 Å². The first-order valence-corrected chi connectivity index (χ1v) is 11.7. The normalized spacial score (nSPS) is 13.4.